The Balaban J connectivity index is 1.82. The highest BCUT2D eigenvalue weighted by molar-refractivity contribution is 5.33. The summed E-state index contributed by atoms with van der Waals surface area (Å²) >= 11 is 0. The van der Waals surface area contributed by atoms with Crippen LogP contribution in [0, 0.1) is 0 Å². The molecular formula is C13H14N2O2. The highest BCUT2D eigenvalue weighted by Gasteiger charge is 2.43. The van der Waals surface area contributed by atoms with E-state index < -0.39 is 0 Å². The predicted molar refractivity (Wildman–Crippen MR) is 61.8 cm³/mol. The van der Waals surface area contributed by atoms with E-state index in [4.69, 9.17) is 4.52 Å². The standard InChI is InChI=1S/C13H14N2O2/c1-13(6-7-13)12-14-11(17-15-12)8-9-4-2-3-5-10(9)16/h2-5,16H,6-8H2,1H3. The Morgan fingerprint density at radius 3 is 2.82 bits per heavy atom. The van der Waals surface area contributed by atoms with Gasteiger partial charge in [0.25, 0.3) is 0 Å². The van der Waals surface area contributed by atoms with E-state index in [0.717, 1.165) is 24.2 Å². The molecule has 1 fully saturated rings. The normalized spacial score (nSPS) is 17.0. The van der Waals surface area contributed by atoms with Gasteiger partial charge in [-0.15, -0.1) is 0 Å². The number of aromatic hydroxyl groups is 1. The molecule has 1 aliphatic carbocycles. The number of phenolic OH excluding ortho intramolecular Hbond substituents is 1. The van der Waals surface area contributed by atoms with Crippen LogP contribution < -0.4 is 0 Å². The third kappa shape index (κ3) is 1.90. The molecule has 0 unspecified atom stereocenters. The van der Waals surface area contributed by atoms with Crippen molar-refractivity contribution in [2.45, 2.75) is 31.6 Å². The quantitative estimate of drug-likeness (QED) is 0.879. The smallest absolute Gasteiger partial charge is 0.231 e. The van der Waals surface area contributed by atoms with Crippen LogP contribution in [0.25, 0.3) is 0 Å². The Bertz CT molecular complexity index is 544. The summed E-state index contributed by atoms with van der Waals surface area (Å²) < 4.78 is 5.22. The molecule has 0 aliphatic heterocycles. The maximum absolute atomic E-state index is 9.66. The van der Waals surface area contributed by atoms with Gasteiger partial charge in [-0.05, 0) is 18.9 Å². The molecule has 1 saturated carbocycles. The van der Waals surface area contributed by atoms with Gasteiger partial charge in [-0.1, -0.05) is 30.3 Å². The molecule has 1 N–H and O–H groups in total. The second kappa shape index (κ2) is 3.58. The Kier molecular flexibility index (Phi) is 2.18. The summed E-state index contributed by atoms with van der Waals surface area (Å²) in [6.45, 7) is 2.14. The fourth-order valence-electron chi connectivity index (χ4n) is 1.81. The van der Waals surface area contributed by atoms with E-state index in [0.29, 0.717) is 12.3 Å². The Morgan fingerprint density at radius 1 is 1.35 bits per heavy atom. The van der Waals surface area contributed by atoms with Crippen LogP contribution in [0.5, 0.6) is 5.75 Å². The van der Waals surface area contributed by atoms with Gasteiger partial charge in [0.15, 0.2) is 5.82 Å². The van der Waals surface area contributed by atoms with Crippen LogP contribution in [-0.4, -0.2) is 15.2 Å². The molecule has 2 aromatic rings. The van der Waals surface area contributed by atoms with Crippen LogP contribution in [0.1, 0.15) is 37.0 Å². The zero-order valence-corrected chi connectivity index (χ0v) is 9.68. The molecule has 17 heavy (non-hydrogen) atoms. The van der Waals surface area contributed by atoms with Crippen molar-refractivity contribution in [3.63, 3.8) is 0 Å². The molecule has 0 amide bonds. The Hall–Kier alpha value is -1.84. The first kappa shape index (κ1) is 10.3. The molecule has 0 bridgehead atoms. The van der Waals surface area contributed by atoms with Crippen molar-refractivity contribution < 1.29 is 9.63 Å². The maximum Gasteiger partial charge on any atom is 0.231 e. The first-order valence-corrected chi connectivity index (χ1v) is 5.77. The van der Waals surface area contributed by atoms with Crippen LogP contribution >= 0.6 is 0 Å². The lowest BCUT2D eigenvalue weighted by Crippen LogP contribution is -2.02. The number of nitrogens with zero attached hydrogens (tertiary/aromatic N) is 2. The molecule has 1 aromatic carbocycles. The van der Waals surface area contributed by atoms with Crippen molar-refractivity contribution in [1.82, 2.24) is 10.1 Å². The molecule has 4 heteroatoms. The first-order chi connectivity index (χ1) is 8.17. The summed E-state index contributed by atoms with van der Waals surface area (Å²) in [4.78, 5) is 4.39. The highest BCUT2D eigenvalue weighted by Crippen LogP contribution is 2.46. The number of phenols is 1. The van der Waals surface area contributed by atoms with Crippen LogP contribution in [-0.2, 0) is 11.8 Å². The lowest BCUT2D eigenvalue weighted by atomic mass is 10.1. The monoisotopic (exact) mass is 230 g/mol. The average molecular weight is 230 g/mol. The van der Waals surface area contributed by atoms with Crippen molar-refractivity contribution in [2.75, 3.05) is 0 Å². The van der Waals surface area contributed by atoms with Crippen molar-refractivity contribution in [2.24, 2.45) is 0 Å². The predicted octanol–water partition coefficient (Wildman–Crippen LogP) is 2.42. The number of aromatic nitrogens is 2. The second-order valence-corrected chi connectivity index (χ2v) is 4.88. The van der Waals surface area contributed by atoms with Crippen LogP contribution in [0.15, 0.2) is 28.8 Å². The zero-order chi connectivity index (χ0) is 11.9. The molecule has 1 heterocycles. The van der Waals surface area contributed by atoms with E-state index in [1.54, 1.807) is 12.1 Å². The third-order valence-corrected chi connectivity index (χ3v) is 3.34. The van der Waals surface area contributed by atoms with E-state index in [2.05, 4.69) is 17.1 Å². The van der Waals surface area contributed by atoms with Gasteiger partial charge in [0.1, 0.15) is 5.75 Å². The number of hydrogen-bond acceptors (Lipinski definition) is 4. The number of benzene rings is 1. The summed E-state index contributed by atoms with van der Waals surface area (Å²) in [7, 11) is 0. The highest BCUT2D eigenvalue weighted by atomic mass is 16.5. The van der Waals surface area contributed by atoms with E-state index in [9.17, 15) is 5.11 Å². The van der Waals surface area contributed by atoms with Gasteiger partial charge in [-0.2, -0.15) is 4.98 Å². The molecule has 0 spiro atoms. The minimum Gasteiger partial charge on any atom is -0.508 e. The molecule has 0 saturated heterocycles. The molecule has 1 aliphatic rings. The Labute approximate surface area is 99.3 Å². The fourth-order valence-corrected chi connectivity index (χ4v) is 1.81. The van der Waals surface area contributed by atoms with E-state index in [-0.39, 0.29) is 11.2 Å². The van der Waals surface area contributed by atoms with Gasteiger partial charge >= 0.3 is 0 Å². The summed E-state index contributed by atoms with van der Waals surface area (Å²) in [5, 5.41) is 13.7. The van der Waals surface area contributed by atoms with Crippen LogP contribution in [0.4, 0.5) is 0 Å². The maximum atomic E-state index is 9.66. The topological polar surface area (TPSA) is 59.2 Å². The van der Waals surface area contributed by atoms with Crippen molar-refractivity contribution in [3.05, 3.63) is 41.5 Å². The van der Waals surface area contributed by atoms with E-state index in [1.807, 2.05) is 12.1 Å². The molecule has 0 radical (unpaired) electrons. The average Bonchev–Trinajstić information content (AvgIpc) is 2.90. The van der Waals surface area contributed by atoms with Gasteiger partial charge in [-0.3, -0.25) is 0 Å². The Morgan fingerprint density at radius 2 is 2.12 bits per heavy atom. The van der Waals surface area contributed by atoms with Gasteiger partial charge < -0.3 is 9.63 Å². The lowest BCUT2D eigenvalue weighted by Gasteiger charge is -2.00. The second-order valence-electron chi connectivity index (χ2n) is 4.88. The van der Waals surface area contributed by atoms with Gasteiger partial charge in [0.05, 0.1) is 6.42 Å². The fraction of sp³-hybridized carbons (Fsp3) is 0.385. The summed E-state index contributed by atoms with van der Waals surface area (Å²) in [6, 6.07) is 7.20. The molecule has 0 atom stereocenters. The molecular weight excluding hydrogens is 216 g/mol. The van der Waals surface area contributed by atoms with Crippen molar-refractivity contribution in [3.8, 4) is 5.75 Å². The molecule has 88 valence electrons. The van der Waals surface area contributed by atoms with Gasteiger partial charge in [-0.25, -0.2) is 0 Å². The number of para-hydroxylation sites is 1. The molecule has 4 nitrogen and oxygen atoms in total. The van der Waals surface area contributed by atoms with Crippen molar-refractivity contribution in [1.29, 1.82) is 0 Å². The third-order valence-electron chi connectivity index (χ3n) is 3.34. The zero-order valence-electron chi connectivity index (χ0n) is 9.68. The molecule has 3 rings (SSSR count). The van der Waals surface area contributed by atoms with Crippen molar-refractivity contribution >= 4 is 0 Å². The van der Waals surface area contributed by atoms with Crippen LogP contribution in [0.3, 0.4) is 0 Å². The number of hydrogen-bond donors (Lipinski definition) is 1. The van der Waals surface area contributed by atoms with E-state index >= 15 is 0 Å². The lowest BCUT2D eigenvalue weighted by molar-refractivity contribution is 0.373. The first-order valence-electron chi connectivity index (χ1n) is 5.77. The minimum absolute atomic E-state index is 0.125. The minimum atomic E-state index is 0.125. The largest absolute Gasteiger partial charge is 0.508 e. The van der Waals surface area contributed by atoms with Crippen LogP contribution in [0.2, 0.25) is 0 Å². The summed E-state index contributed by atoms with van der Waals surface area (Å²) in [5.74, 6) is 1.63. The number of rotatable bonds is 3. The molecule has 1 aromatic heterocycles. The SMILES string of the molecule is CC1(c2noc(Cc3ccccc3O)n2)CC1. The van der Waals surface area contributed by atoms with Gasteiger partial charge in [0.2, 0.25) is 5.89 Å². The van der Waals surface area contributed by atoms with Gasteiger partial charge in [0, 0.05) is 11.0 Å². The summed E-state index contributed by atoms with van der Waals surface area (Å²) in [6.07, 6.45) is 2.74. The summed E-state index contributed by atoms with van der Waals surface area (Å²) in [5.41, 5.74) is 0.934. The van der Waals surface area contributed by atoms with E-state index in [1.165, 1.54) is 0 Å².